The molecule has 0 unspecified atom stereocenters. The van der Waals surface area contributed by atoms with Gasteiger partial charge in [0.05, 0.1) is 11.3 Å². The Balaban J connectivity index is 2.22. The second kappa shape index (κ2) is 6.80. The summed E-state index contributed by atoms with van der Waals surface area (Å²) in [5.74, 6) is 0.723. The lowest BCUT2D eigenvalue weighted by atomic mass is 10.2. The Hall–Kier alpha value is -2.22. The maximum absolute atomic E-state index is 9.09. The number of nitrogens with one attached hydrogen (secondary N) is 1. The zero-order chi connectivity index (χ0) is 14.4. The van der Waals surface area contributed by atoms with Crippen LogP contribution in [0, 0.1) is 11.3 Å². The molecule has 0 heterocycles. The molecule has 0 saturated carbocycles. The van der Waals surface area contributed by atoms with Crippen molar-refractivity contribution in [2.75, 3.05) is 18.5 Å². The molecule has 20 heavy (non-hydrogen) atoms. The van der Waals surface area contributed by atoms with Crippen LogP contribution in [-0.2, 0) is 0 Å². The fourth-order valence-electron chi connectivity index (χ4n) is 1.71. The van der Waals surface area contributed by atoms with Gasteiger partial charge in [-0.2, -0.15) is 5.26 Å². The molecule has 0 aliphatic rings. The molecule has 102 valence electrons. The molecular weight excluding hydrogens is 274 g/mol. The molecule has 2 aromatic rings. The van der Waals surface area contributed by atoms with Gasteiger partial charge in [0.15, 0.2) is 0 Å². The minimum Gasteiger partial charge on any atom is -0.492 e. The maximum atomic E-state index is 9.09. The number of nitrogens with two attached hydrogens (primary N) is 1. The van der Waals surface area contributed by atoms with E-state index in [0.29, 0.717) is 29.4 Å². The molecule has 0 saturated heterocycles. The van der Waals surface area contributed by atoms with Crippen LogP contribution in [0.5, 0.6) is 5.75 Å². The first-order valence-electron chi connectivity index (χ1n) is 6.12. The van der Waals surface area contributed by atoms with Crippen molar-refractivity contribution >= 4 is 23.0 Å². The molecule has 3 N–H and O–H groups in total. The van der Waals surface area contributed by atoms with Gasteiger partial charge in [-0.25, -0.2) is 0 Å². The molecule has 0 spiro atoms. The summed E-state index contributed by atoms with van der Waals surface area (Å²) in [6, 6.07) is 14.7. The average Bonchev–Trinajstić information content (AvgIpc) is 2.46. The van der Waals surface area contributed by atoms with E-state index < -0.39 is 0 Å². The van der Waals surface area contributed by atoms with Crippen LogP contribution in [0.15, 0.2) is 42.5 Å². The molecule has 0 aliphatic heterocycles. The fourth-order valence-corrected chi connectivity index (χ4v) is 1.89. The van der Waals surface area contributed by atoms with Crippen LogP contribution >= 0.6 is 11.6 Å². The second-order valence-electron chi connectivity index (χ2n) is 4.09. The standard InChI is InChI=1S/C15H14ClN3O/c16-12-5-4-11(10-18)15(8-12)19-13-2-1-3-14(9-13)20-7-6-17/h1-5,8-9,19H,6-7,17H2. The first-order valence-corrected chi connectivity index (χ1v) is 6.50. The Morgan fingerprint density at radius 3 is 2.85 bits per heavy atom. The van der Waals surface area contributed by atoms with Crippen molar-refractivity contribution in [3.05, 3.63) is 53.1 Å². The van der Waals surface area contributed by atoms with Gasteiger partial charge >= 0.3 is 0 Å². The number of benzene rings is 2. The molecule has 4 nitrogen and oxygen atoms in total. The van der Waals surface area contributed by atoms with Crippen molar-refractivity contribution in [3.8, 4) is 11.8 Å². The first-order chi connectivity index (χ1) is 9.72. The van der Waals surface area contributed by atoms with E-state index in [-0.39, 0.29) is 0 Å². The van der Waals surface area contributed by atoms with E-state index in [9.17, 15) is 0 Å². The number of rotatable bonds is 5. The number of anilines is 2. The quantitative estimate of drug-likeness (QED) is 0.885. The van der Waals surface area contributed by atoms with Crippen LogP contribution in [0.25, 0.3) is 0 Å². The van der Waals surface area contributed by atoms with Crippen molar-refractivity contribution in [2.45, 2.75) is 0 Å². The number of ether oxygens (including phenoxy) is 1. The number of nitriles is 1. The molecule has 0 atom stereocenters. The minimum absolute atomic E-state index is 0.462. The Morgan fingerprint density at radius 2 is 2.10 bits per heavy atom. The molecule has 2 aromatic carbocycles. The molecule has 2 rings (SSSR count). The van der Waals surface area contributed by atoms with Crippen LogP contribution in [-0.4, -0.2) is 13.2 Å². The fraction of sp³-hybridized carbons (Fsp3) is 0.133. The van der Waals surface area contributed by atoms with Crippen LogP contribution in [0.2, 0.25) is 5.02 Å². The Labute approximate surface area is 122 Å². The Morgan fingerprint density at radius 1 is 1.25 bits per heavy atom. The molecule has 0 amide bonds. The van der Waals surface area contributed by atoms with Gasteiger partial charge in [-0.05, 0) is 30.3 Å². The van der Waals surface area contributed by atoms with E-state index in [4.69, 9.17) is 27.3 Å². The third-order valence-corrected chi connectivity index (χ3v) is 2.84. The molecule has 0 aromatic heterocycles. The smallest absolute Gasteiger partial charge is 0.121 e. The zero-order valence-corrected chi connectivity index (χ0v) is 11.5. The van der Waals surface area contributed by atoms with E-state index in [2.05, 4.69) is 11.4 Å². The summed E-state index contributed by atoms with van der Waals surface area (Å²) in [6.07, 6.45) is 0. The van der Waals surface area contributed by atoms with Crippen molar-refractivity contribution in [3.63, 3.8) is 0 Å². The highest BCUT2D eigenvalue weighted by molar-refractivity contribution is 6.30. The number of hydrogen-bond acceptors (Lipinski definition) is 4. The zero-order valence-electron chi connectivity index (χ0n) is 10.8. The number of hydrogen-bond donors (Lipinski definition) is 2. The molecule has 0 radical (unpaired) electrons. The summed E-state index contributed by atoms with van der Waals surface area (Å²) < 4.78 is 5.46. The highest BCUT2D eigenvalue weighted by Crippen LogP contribution is 2.26. The molecule has 0 aliphatic carbocycles. The second-order valence-corrected chi connectivity index (χ2v) is 4.53. The van der Waals surface area contributed by atoms with E-state index in [1.54, 1.807) is 18.2 Å². The van der Waals surface area contributed by atoms with Gasteiger partial charge in [-0.15, -0.1) is 0 Å². The highest BCUT2D eigenvalue weighted by Gasteiger charge is 2.04. The van der Waals surface area contributed by atoms with Gasteiger partial charge in [0, 0.05) is 23.3 Å². The van der Waals surface area contributed by atoms with Gasteiger partial charge in [0.2, 0.25) is 0 Å². The number of halogens is 1. The summed E-state index contributed by atoms with van der Waals surface area (Å²) >= 11 is 5.95. The van der Waals surface area contributed by atoms with Gasteiger partial charge in [-0.3, -0.25) is 0 Å². The largest absolute Gasteiger partial charge is 0.492 e. The van der Waals surface area contributed by atoms with E-state index >= 15 is 0 Å². The van der Waals surface area contributed by atoms with E-state index in [1.165, 1.54) is 0 Å². The summed E-state index contributed by atoms with van der Waals surface area (Å²) in [7, 11) is 0. The highest BCUT2D eigenvalue weighted by atomic mass is 35.5. The van der Waals surface area contributed by atoms with Crippen LogP contribution < -0.4 is 15.8 Å². The van der Waals surface area contributed by atoms with Crippen LogP contribution in [0.1, 0.15) is 5.56 Å². The number of nitrogens with zero attached hydrogens (tertiary/aromatic N) is 1. The lowest BCUT2D eigenvalue weighted by Gasteiger charge is -2.11. The van der Waals surface area contributed by atoms with Crippen LogP contribution in [0.3, 0.4) is 0 Å². The van der Waals surface area contributed by atoms with Crippen molar-refractivity contribution in [2.24, 2.45) is 5.73 Å². The molecule has 0 bridgehead atoms. The Bertz CT molecular complexity index is 637. The van der Waals surface area contributed by atoms with Gasteiger partial charge < -0.3 is 15.8 Å². The van der Waals surface area contributed by atoms with E-state index in [1.807, 2.05) is 24.3 Å². The lowest BCUT2D eigenvalue weighted by molar-refractivity contribution is 0.328. The lowest BCUT2D eigenvalue weighted by Crippen LogP contribution is -2.10. The minimum atomic E-state index is 0.462. The molecule has 0 fully saturated rings. The maximum Gasteiger partial charge on any atom is 0.121 e. The first kappa shape index (κ1) is 14.2. The SMILES string of the molecule is N#Cc1ccc(Cl)cc1Nc1cccc(OCCN)c1. The third kappa shape index (κ3) is 3.64. The summed E-state index contributed by atoms with van der Waals surface area (Å²) in [6.45, 7) is 0.925. The topological polar surface area (TPSA) is 71.1 Å². The molecular formula is C15H14ClN3O. The Kier molecular flexibility index (Phi) is 4.83. The average molecular weight is 288 g/mol. The van der Waals surface area contributed by atoms with Crippen LogP contribution in [0.4, 0.5) is 11.4 Å². The predicted octanol–water partition coefficient (Wildman–Crippen LogP) is 3.29. The predicted molar refractivity (Wildman–Crippen MR) is 80.4 cm³/mol. The summed E-state index contributed by atoms with van der Waals surface area (Å²) in [5.41, 5.74) is 7.41. The summed E-state index contributed by atoms with van der Waals surface area (Å²) in [4.78, 5) is 0. The van der Waals surface area contributed by atoms with Gasteiger partial charge in [0.1, 0.15) is 18.4 Å². The van der Waals surface area contributed by atoms with Crippen molar-refractivity contribution < 1.29 is 4.74 Å². The van der Waals surface area contributed by atoms with Gasteiger partial charge in [0.25, 0.3) is 0 Å². The van der Waals surface area contributed by atoms with Crippen molar-refractivity contribution in [1.82, 2.24) is 0 Å². The summed E-state index contributed by atoms with van der Waals surface area (Å²) in [5, 5.41) is 12.8. The third-order valence-electron chi connectivity index (χ3n) is 2.60. The molecule has 5 heteroatoms. The van der Waals surface area contributed by atoms with E-state index in [0.717, 1.165) is 11.4 Å². The van der Waals surface area contributed by atoms with Crippen molar-refractivity contribution in [1.29, 1.82) is 5.26 Å². The van der Waals surface area contributed by atoms with Gasteiger partial charge in [-0.1, -0.05) is 17.7 Å². The normalized spacial score (nSPS) is 9.85. The monoisotopic (exact) mass is 287 g/mol.